The van der Waals surface area contributed by atoms with E-state index in [4.69, 9.17) is 24.2 Å². The SMILES string of the molecule is CC(=O)OCCOCCOCCOc1ccccc1/C=N/O. The van der Waals surface area contributed by atoms with Gasteiger partial charge in [0.05, 0.1) is 32.6 Å². The molecule has 7 heteroatoms. The van der Waals surface area contributed by atoms with Crippen molar-refractivity contribution in [2.24, 2.45) is 5.16 Å². The van der Waals surface area contributed by atoms with E-state index in [9.17, 15) is 4.79 Å². The molecule has 1 rings (SSSR count). The molecule has 0 spiro atoms. The molecule has 0 radical (unpaired) electrons. The molecule has 0 aliphatic rings. The fraction of sp³-hybridized carbons (Fsp3) is 0.467. The van der Waals surface area contributed by atoms with E-state index in [2.05, 4.69) is 5.16 Å². The summed E-state index contributed by atoms with van der Waals surface area (Å²) >= 11 is 0. The van der Waals surface area contributed by atoms with Crippen molar-refractivity contribution in [1.82, 2.24) is 0 Å². The van der Waals surface area contributed by atoms with Gasteiger partial charge in [0, 0.05) is 12.5 Å². The number of oxime groups is 1. The molecular formula is C15H21NO6. The van der Waals surface area contributed by atoms with Gasteiger partial charge in [-0.25, -0.2) is 0 Å². The van der Waals surface area contributed by atoms with Crippen LogP contribution in [-0.2, 0) is 19.0 Å². The van der Waals surface area contributed by atoms with Gasteiger partial charge in [-0.1, -0.05) is 17.3 Å². The van der Waals surface area contributed by atoms with Crippen LogP contribution < -0.4 is 4.74 Å². The Kier molecular flexibility index (Phi) is 9.40. The third-order valence-electron chi connectivity index (χ3n) is 2.51. The maximum Gasteiger partial charge on any atom is 0.302 e. The number of benzene rings is 1. The van der Waals surface area contributed by atoms with Crippen LogP contribution in [0.25, 0.3) is 0 Å². The summed E-state index contributed by atoms with van der Waals surface area (Å²) in [4.78, 5) is 10.5. The van der Waals surface area contributed by atoms with Gasteiger partial charge in [0.25, 0.3) is 0 Å². The van der Waals surface area contributed by atoms with Crippen LogP contribution in [0, 0.1) is 0 Å². The Morgan fingerprint density at radius 2 is 1.73 bits per heavy atom. The van der Waals surface area contributed by atoms with Gasteiger partial charge in [0.1, 0.15) is 19.0 Å². The van der Waals surface area contributed by atoms with Crippen molar-refractivity contribution in [3.05, 3.63) is 29.8 Å². The maximum absolute atomic E-state index is 10.5. The minimum atomic E-state index is -0.316. The average Bonchev–Trinajstić information content (AvgIpc) is 2.50. The molecule has 0 unspecified atom stereocenters. The van der Waals surface area contributed by atoms with Crippen LogP contribution in [-0.4, -0.2) is 57.0 Å². The molecule has 0 heterocycles. The number of esters is 1. The van der Waals surface area contributed by atoms with Gasteiger partial charge >= 0.3 is 5.97 Å². The van der Waals surface area contributed by atoms with Crippen molar-refractivity contribution >= 4 is 12.2 Å². The zero-order chi connectivity index (χ0) is 16.0. The van der Waals surface area contributed by atoms with E-state index in [1.807, 2.05) is 12.1 Å². The van der Waals surface area contributed by atoms with Crippen molar-refractivity contribution in [3.63, 3.8) is 0 Å². The van der Waals surface area contributed by atoms with Gasteiger partial charge in [-0.2, -0.15) is 0 Å². The van der Waals surface area contributed by atoms with E-state index in [0.29, 0.717) is 44.3 Å². The highest BCUT2D eigenvalue weighted by Gasteiger charge is 2.00. The largest absolute Gasteiger partial charge is 0.491 e. The highest BCUT2D eigenvalue weighted by molar-refractivity contribution is 5.82. The lowest BCUT2D eigenvalue weighted by Crippen LogP contribution is -2.13. The monoisotopic (exact) mass is 311 g/mol. The number of nitrogens with zero attached hydrogens (tertiary/aromatic N) is 1. The van der Waals surface area contributed by atoms with E-state index in [0.717, 1.165) is 0 Å². The Balaban J connectivity index is 2.03. The standard InChI is InChI=1S/C15H21NO6/c1-13(17)21-10-8-19-6-7-20-9-11-22-15-5-3-2-4-14(15)12-16-18/h2-5,12,18H,6-11H2,1H3/b16-12+. The summed E-state index contributed by atoms with van der Waals surface area (Å²) in [5.41, 5.74) is 0.693. The van der Waals surface area contributed by atoms with Crippen molar-refractivity contribution in [2.45, 2.75) is 6.92 Å². The molecule has 122 valence electrons. The minimum absolute atomic E-state index is 0.252. The first-order valence-corrected chi connectivity index (χ1v) is 6.92. The Morgan fingerprint density at radius 3 is 2.41 bits per heavy atom. The molecule has 0 aromatic heterocycles. The second-order valence-corrected chi connectivity index (χ2v) is 4.20. The number of ether oxygens (including phenoxy) is 4. The summed E-state index contributed by atoms with van der Waals surface area (Å²) in [7, 11) is 0. The molecule has 0 saturated heterocycles. The van der Waals surface area contributed by atoms with Crippen molar-refractivity contribution < 1.29 is 28.9 Å². The summed E-state index contributed by atoms with van der Waals surface area (Å²) in [6.07, 6.45) is 1.31. The summed E-state index contributed by atoms with van der Waals surface area (Å²) in [5.74, 6) is 0.310. The molecule has 7 nitrogen and oxygen atoms in total. The summed E-state index contributed by atoms with van der Waals surface area (Å²) in [6, 6.07) is 7.23. The molecule has 0 aliphatic heterocycles. The summed E-state index contributed by atoms with van der Waals surface area (Å²) in [6.45, 7) is 3.61. The summed E-state index contributed by atoms with van der Waals surface area (Å²) in [5, 5.41) is 11.5. The molecule has 0 saturated carbocycles. The number of carbonyl (C=O) groups excluding carboxylic acids is 1. The fourth-order valence-electron chi connectivity index (χ4n) is 1.56. The van der Waals surface area contributed by atoms with Crippen molar-refractivity contribution in [2.75, 3.05) is 39.6 Å². The van der Waals surface area contributed by atoms with Crippen LogP contribution in [0.15, 0.2) is 29.4 Å². The third-order valence-corrected chi connectivity index (χ3v) is 2.51. The smallest absolute Gasteiger partial charge is 0.302 e. The van der Waals surface area contributed by atoms with Crippen molar-refractivity contribution in [1.29, 1.82) is 0 Å². The Labute approximate surface area is 129 Å². The molecule has 0 amide bonds. The van der Waals surface area contributed by atoms with Crippen LogP contribution >= 0.6 is 0 Å². The Hall–Kier alpha value is -2.12. The molecule has 0 aliphatic carbocycles. The molecule has 0 fully saturated rings. The first-order valence-electron chi connectivity index (χ1n) is 6.92. The lowest BCUT2D eigenvalue weighted by atomic mass is 10.2. The zero-order valence-corrected chi connectivity index (χ0v) is 12.6. The predicted molar refractivity (Wildman–Crippen MR) is 79.6 cm³/mol. The Bertz CT molecular complexity index is 463. The normalized spacial score (nSPS) is 10.8. The Morgan fingerprint density at radius 1 is 1.09 bits per heavy atom. The van der Waals surface area contributed by atoms with E-state index in [1.165, 1.54) is 13.1 Å². The zero-order valence-electron chi connectivity index (χ0n) is 12.6. The number of carbonyl (C=O) groups is 1. The lowest BCUT2D eigenvalue weighted by Gasteiger charge is -2.09. The topological polar surface area (TPSA) is 86.6 Å². The number of para-hydroxylation sites is 1. The van der Waals surface area contributed by atoms with E-state index in [-0.39, 0.29) is 12.6 Å². The molecule has 1 N–H and O–H groups in total. The first-order chi connectivity index (χ1) is 10.7. The van der Waals surface area contributed by atoms with Gasteiger partial charge in [0.2, 0.25) is 0 Å². The van der Waals surface area contributed by atoms with Crippen LogP contribution in [0.1, 0.15) is 12.5 Å². The quantitative estimate of drug-likeness (QED) is 0.219. The van der Waals surface area contributed by atoms with E-state index < -0.39 is 0 Å². The van der Waals surface area contributed by atoms with Gasteiger partial charge in [-0.3, -0.25) is 4.79 Å². The van der Waals surface area contributed by atoms with Crippen LogP contribution in [0.5, 0.6) is 5.75 Å². The van der Waals surface area contributed by atoms with Crippen molar-refractivity contribution in [3.8, 4) is 5.75 Å². The van der Waals surface area contributed by atoms with Crippen LogP contribution in [0.2, 0.25) is 0 Å². The fourth-order valence-corrected chi connectivity index (χ4v) is 1.56. The van der Waals surface area contributed by atoms with E-state index >= 15 is 0 Å². The van der Waals surface area contributed by atoms with Gasteiger partial charge in [-0.15, -0.1) is 0 Å². The average molecular weight is 311 g/mol. The minimum Gasteiger partial charge on any atom is -0.491 e. The first kappa shape index (κ1) is 17.9. The summed E-state index contributed by atoms with van der Waals surface area (Å²) < 4.78 is 20.8. The molecule has 1 aromatic carbocycles. The predicted octanol–water partition coefficient (Wildman–Crippen LogP) is 1.47. The van der Waals surface area contributed by atoms with E-state index in [1.54, 1.807) is 12.1 Å². The van der Waals surface area contributed by atoms with Gasteiger partial charge in [-0.05, 0) is 12.1 Å². The number of rotatable bonds is 11. The number of hydrogen-bond acceptors (Lipinski definition) is 7. The van der Waals surface area contributed by atoms with Crippen LogP contribution in [0.3, 0.4) is 0 Å². The van der Waals surface area contributed by atoms with Gasteiger partial charge < -0.3 is 24.2 Å². The molecule has 0 atom stereocenters. The third kappa shape index (κ3) is 8.23. The highest BCUT2D eigenvalue weighted by atomic mass is 16.6. The molecule has 22 heavy (non-hydrogen) atoms. The molecular weight excluding hydrogens is 290 g/mol. The molecule has 1 aromatic rings. The molecule has 0 bridgehead atoms. The second kappa shape index (κ2) is 11.5. The second-order valence-electron chi connectivity index (χ2n) is 4.20. The van der Waals surface area contributed by atoms with Gasteiger partial charge in [0.15, 0.2) is 0 Å². The van der Waals surface area contributed by atoms with Crippen LogP contribution in [0.4, 0.5) is 0 Å². The highest BCUT2D eigenvalue weighted by Crippen LogP contribution is 2.15. The number of hydrogen-bond donors (Lipinski definition) is 1. The lowest BCUT2D eigenvalue weighted by molar-refractivity contribution is -0.142. The maximum atomic E-state index is 10.5.